The third-order valence-corrected chi connectivity index (χ3v) is 2.30. The fourth-order valence-corrected chi connectivity index (χ4v) is 1.39. The number of carbonyl (C=O) groups is 1. The van der Waals surface area contributed by atoms with Gasteiger partial charge in [-0.2, -0.15) is 0 Å². The van der Waals surface area contributed by atoms with Crippen molar-refractivity contribution in [2.75, 3.05) is 6.61 Å². The van der Waals surface area contributed by atoms with Crippen molar-refractivity contribution >= 4 is 5.97 Å². The molecule has 19 heavy (non-hydrogen) atoms. The molecule has 7 heteroatoms. The van der Waals surface area contributed by atoms with Gasteiger partial charge in [-0.25, -0.2) is 0 Å². The summed E-state index contributed by atoms with van der Waals surface area (Å²) in [5, 5.41) is 25.2. The molecule has 0 radical (unpaired) electrons. The average molecular weight is 271 g/mol. The molecule has 0 unspecified atom stereocenters. The number of nitrogens with zero attached hydrogens (tertiary/aromatic N) is 1. The molecule has 0 fully saturated rings. The number of esters is 1. The lowest BCUT2D eigenvalue weighted by atomic mass is 10.2. The Balaban J connectivity index is 2.09. The van der Waals surface area contributed by atoms with E-state index in [0.717, 1.165) is 0 Å². The fraction of sp³-hybridized carbons (Fsp3) is 0.417. The van der Waals surface area contributed by atoms with Crippen molar-refractivity contribution in [3.63, 3.8) is 0 Å². The van der Waals surface area contributed by atoms with Gasteiger partial charge >= 0.3 is 5.97 Å². The molecule has 1 aromatic carbocycles. The maximum atomic E-state index is 11.4. The number of aromatic hydroxyl groups is 1. The number of ether oxygens (including phenoxy) is 1. The van der Waals surface area contributed by atoms with E-state index in [2.05, 4.69) is 4.84 Å². The monoisotopic (exact) mass is 271 g/mol. The van der Waals surface area contributed by atoms with Crippen LogP contribution in [0.15, 0.2) is 24.3 Å². The van der Waals surface area contributed by atoms with Gasteiger partial charge in [0.15, 0.2) is 0 Å². The van der Waals surface area contributed by atoms with Gasteiger partial charge < -0.3 is 9.84 Å². The molecule has 0 aromatic heterocycles. The second-order valence-electron chi connectivity index (χ2n) is 3.86. The van der Waals surface area contributed by atoms with Crippen LogP contribution >= 0.6 is 0 Å². The lowest BCUT2D eigenvalue weighted by Gasteiger charge is -2.06. The minimum absolute atomic E-state index is 0.113. The zero-order chi connectivity index (χ0) is 14.1. The van der Waals surface area contributed by atoms with Gasteiger partial charge in [-0.1, -0.05) is 6.42 Å². The number of hydrogen-bond acceptors (Lipinski definition) is 7. The van der Waals surface area contributed by atoms with Crippen LogP contribution in [0.3, 0.4) is 0 Å². The number of carbonyl (C=O) groups excluding carboxylic acids is 1. The van der Waals surface area contributed by atoms with Gasteiger partial charge in [0.2, 0.25) is 0 Å². The zero-order valence-corrected chi connectivity index (χ0v) is 10.4. The van der Waals surface area contributed by atoms with Crippen molar-refractivity contribution in [1.29, 1.82) is 0 Å². The van der Waals surface area contributed by atoms with Gasteiger partial charge in [-0.3, -0.25) is 20.0 Å². The summed E-state index contributed by atoms with van der Waals surface area (Å²) in [6.07, 6.45) is 2.20. The van der Waals surface area contributed by atoms with Gasteiger partial charge in [0, 0.05) is 6.42 Å². The van der Waals surface area contributed by atoms with E-state index < -0.39 is 0 Å². The predicted molar refractivity (Wildman–Crippen MR) is 63.6 cm³/mol. The van der Waals surface area contributed by atoms with E-state index in [0.29, 0.717) is 25.0 Å². The van der Waals surface area contributed by atoms with Crippen LogP contribution in [0.1, 0.15) is 25.7 Å². The van der Waals surface area contributed by atoms with Crippen LogP contribution in [-0.4, -0.2) is 33.5 Å². The van der Waals surface area contributed by atoms with Gasteiger partial charge in [0.05, 0.1) is 12.0 Å². The maximum Gasteiger partial charge on any atom is 0.311 e. The Labute approximate surface area is 110 Å². The highest BCUT2D eigenvalue weighted by Gasteiger charge is 2.04. The Hall–Kier alpha value is -1.67. The second kappa shape index (κ2) is 8.44. The number of rotatable bonds is 8. The Morgan fingerprint density at radius 3 is 2.42 bits per heavy atom. The molecule has 7 nitrogen and oxygen atoms in total. The maximum absolute atomic E-state index is 11.4. The standard InChI is InChI=1S/C12H17NO6/c14-10-5-7-11(8-6-10)19-12(15)4-2-1-3-9-18-13(16)17/h5-8,14,16-17H,1-4,9H2. The molecule has 0 aliphatic carbocycles. The molecule has 0 saturated carbocycles. The first kappa shape index (κ1) is 15.4. The van der Waals surface area contributed by atoms with Gasteiger partial charge in [0.1, 0.15) is 11.5 Å². The van der Waals surface area contributed by atoms with Crippen LogP contribution in [0.5, 0.6) is 11.5 Å². The summed E-state index contributed by atoms with van der Waals surface area (Å²) in [6.45, 7) is 0.167. The number of benzene rings is 1. The number of unbranched alkanes of at least 4 members (excludes halogenated alkanes) is 2. The van der Waals surface area contributed by atoms with Crippen molar-refractivity contribution in [3.8, 4) is 11.5 Å². The van der Waals surface area contributed by atoms with Crippen molar-refractivity contribution in [2.45, 2.75) is 25.7 Å². The Morgan fingerprint density at radius 1 is 1.11 bits per heavy atom. The van der Waals surface area contributed by atoms with Crippen LogP contribution < -0.4 is 4.74 Å². The summed E-state index contributed by atoms with van der Waals surface area (Å²) in [4.78, 5) is 15.8. The van der Waals surface area contributed by atoms with Crippen molar-refractivity contribution in [2.24, 2.45) is 0 Å². The molecular weight excluding hydrogens is 254 g/mol. The lowest BCUT2D eigenvalue weighted by Crippen LogP contribution is -2.15. The van der Waals surface area contributed by atoms with E-state index in [-0.39, 0.29) is 30.1 Å². The second-order valence-corrected chi connectivity index (χ2v) is 3.86. The molecule has 0 heterocycles. The smallest absolute Gasteiger partial charge is 0.311 e. The summed E-state index contributed by atoms with van der Waals surface area (Å²) in [5.41, 5.74) is 0. The quantitative estimate of drug-likeness (QED) is 0.287. The molecule has 0 spiro atoms. The molecular formula is C12H17NO6. The Kier molecular flexibility index (Phi) is 6.83. The highest BCUT2D eigenvalue weighted by Crippen LogP contribution is 2.16. The fourth-order valence-electron chi connectivity index (χ4n) is 1.39. The first-order chi connectivity index (χ1) is 9.08. The number of phenols is 1. The molecule has 0 bridgehead atoms. The van der Waals surface area contributed by atoms with E-state index in [4.69, 9.17) is 20.3 Å². The first-order valence-corrected chi connectivity index (χ1v) is 5.88. The summed E-state index contributed by atoms with van der Waals surface area (Å²) in [5.74, 6) is 0.154. The SMILES string of the molecule is O=C(CCCCCON(O)O)Oc1ccc(O)cc1. The Morgan fingerprint density at radius 2 is 1.79 bits per heavy atom. The van der Waals surface area contributed by atoms with Gasteiger partial charge in [-0.15, -0.1) is 0 Å². The summed E-state index contributed by atoms with van der Waals surface area (Å²) in [7, 11) is 0. The molecule has 0 aliphatic rings. The van der Waals surface area contributed by atoms with Crippen LogP contribution in [-0.2, 0) is 9.63 Å². The third kappa shape index (κ3) is 7.37. The van der Waals surface area contributed by atoms with Crippen molar-refractivity contribution < 1.29 is 29.9 Å². The highest BCUT2D eigenvalue weighted by atomic mass is 17.1. The normalized spacial score (nSPS) is 10.7. The topological polar surface area (TPSA) is 99.5 Å². The van der Waals surface area contributed by atoms with E-state index in [1.54, 1.807) is 0 Å². The first-order valence-electron chi connectivity index (χ1n) is 5.88. The molecule has 1 rings (SSSR count). The third-order valence-electron chi connectivity index (χ3n) is 2.30. The highest BCUT2D eigenvalue weighted by molar-refractivity contribution is 5.72. The summed E-state index contributed by atoms with van der Waals surface area (Å²) >= 11 is 0. The van der Waals surface area contributed by atoms with E-state index >= 15 is 0 Å². The molecule has 0 atom stereocenters. The number of phenolic OH excluding ortho intramolecular Hbond substituents is 1. The molecule has 106 valence electrons. The van der Waals surface area contributed by atoms with Crippen molar-refractivity contribution in [3.05, 3.63) is 24.3 Å². The lowest BCUT2D eigenvalue weighted by molar-refractivity contribution is -0.492. The largest absolute Gasteiger partial charge is 0.508 e. The van der Waals surface area contributed by atoms with Gasteiger partial charge in [0.25, 0.3) is 0 Å². The molecule has 1 aromatic rings. The van der Waals surface area contributed by atoms with E-state index in [1.165, 1.54) is 24.3 Å². The Bertz CT molecular complexity index is 378. The predicted octanol–water partition coefficient (Wildman–Crippen LogP) is 1.87. The molecule has 3 N–H and O–H groups in total. The molecule has 0 aliphatic heterocycles. The van der Waals surface area contributed by atoms with Crippen LogP contribution in [0.2, 0.25) is 0 Å². The summed E-state index contributed by atoms with van der Waals surface area (Å²) < 4.78 is 5.04. The molecule has 0 saturated heterocycles. The van der Waals surface area contributed by atoms with Crippen LogP contribution in [0, 0.1) is 0 Å². The molecule has 0 amide bonds. The summed E-state index contributed by atoms with van der Waals surface area (Å²) in [6, 6.07) is 5.90. The minimum atomic E-state index is -0.349. The number of hydrogen-bond donors (Lipinski definition) is 3. The minimum Gasteiger partial charge on any atom is -0.508 e. The van der Waals surface area contributed by atoms with E-state index in [1.807, 2.05) is 0 Å². The van der Waals surface area contributed by atoms with Crippen LogP contribution in [0.4, 0.5) is 0 Å². The average Bonchev–Trinajstić information content (AvgIpc) is 2.36. The van der Waals surface area contributed by atoms with Crippen molar-refractivity contribution in [1.82, 2.24) is 5.39 Å². The van der Waals surface area contributed by atoms with Gasteiger partial charge in [-0.05, 0) is 37.1 Å². The van der Waals surface area contributed by atoms with Crippen LogP contribution in [0.25, 0.3) is 0 Å². The van der Waals surface area contributed by atoms with E-state index in [9.17, 15) is 4.79 Å². The zero-order valence-electron chi connectivity index (χ0n) is 10.4.